The van der Waals surface area contributed by atoms with Crippen LogP contribution in [0.3, 0.4) is 0 Å². The van der Waals surface area contributed by atoms with Gasteiger partial charge in [0.05, 0.1) is 12.3 Å². The highest BCUT2D eigenvalue weighted by molar-refractivity contribution is 7.46. The van der Waals surface area contributed by atoms with Crippen molar-refractivity contribution < 1.29 is 18.9 Å². The fraction of sp³-hybridized carbons (Fsp3) is 0.485. The Balaban J connectivity index is 1.50. The van der Waals surface area contributed by atoms with Crippen molar-refractivity contribution in [3.05, 3.63) is 86.2 Å². The minimum atomic E-state index is -0.709. The summed E-state index contributed by atoms with van der Waals surface area (Å²) in [6, 6.07) is 9.66. The Morgan fingerprint density at radius 2 is 1.42 bits per heavy atom. The highest BCUT2D eigenvalue weighted by atomic mass is 31.2. The van der Waals surface area contributed by atoms with E-state index in [1.165, 1.54) is 56.7 Å². The monoisotopic (exact) mass is 611 g/mol. The van der Waals surface area contributed by atoms with E-state index in [0.29, 0.717) is 29.2 Å². The van der Waals surface area contributed by atoms with Crippen molar-refractivity contribution in [2.45, 2.75) is 78.1 Å². The van der Waals surface area contributed by atoms with Crippen molar-refractivity contribution in [3.8, 4) is 17.1 Å². The standard InChI is InChI=1S/C33H46N3O6P/c1-25-21-30(37)15-18-35(25)28-22-27(23-29(24-28)36-19-16-31(38)32(39)26(36)2)33(40)34-17-13-11-9-7-5-6-8-10-12-14-20-42-43(4)41-3/h15-16,18-19,21-24,39H,5-14,17,20H2,1-4H3,(H,34,40). The molecule has 0 aliphatic heterocycles. The van der Waals surface area contributed by atoms with Gasteiger partial charge in [0.1, 0.15) is 0 Å². The summed E-state index contributed by atoms with van der Waals surface area (Å²) in [5.41, 5.74) is 2.28. The number of hydrogen-bond donors (Lipinski definition) is 2. The van der Waals surface area contributed by atoms with Crippen LogP contribution in [0.25, 0.3) is 11.4 Å². The molecule has 1 atom stereocenters. The smallest absolute Gasteiger partial charge is 0.251 e. The van der Waals surface area contributed by atoms with Gasteiger partial charge in [-0.1, -0.05) is 51.4 Å². The lowest BCUT2D eigenvalue weighted by Crippen LogP contribution is -2.25. The number of unbranched alkanes of at least 4 members (excludes halogenated alkanes) is 9. The molecule has 2 N–H and O–H groups in total. The molecule has 43 heavy (non-hydrogen) atoms. The van der Waals surface area contributed by atoms with Crippen molar-refractivity contribution in [1.29, 1.82) is 0 Å². The van der Waals surface area contributed by atoms with Gasteiger partial charge in [-0.05, 0) is 44.9 Å². The molecule has 1 unspecified atom stereocenters. The molecule has 234 valence electrons. The molecule has 0 spiro atoms. The van der Waals surface area contributed by atoms with Crippen LogP contribution in [-0.2, 0) is 9.05 Å². The Morgan fingerprint density at radius 1 is 0.837 bits per heavy atom. The van der Waals surface area contributed by atoms with E-state index in [0.717, 1.165) is 38.0 Å². The summed E-state index contributed by atoms with van der Waals surface area (Å²) in [6.45, 7) is 6.82. The Hall–Kier alpha value is -3.26. The number of aryl methyl sites for hydroxylation is 1. The number of nitrogens with one attached hydrogen (secondary N) is 1. The second-order valence-electron chi connectivity index (χ2n) is 10.8. The lowest BCUT2D eigenvalue weighted by Gasteiger charge is -2.17. The number of nitrogens with zero attached hydrogens (tertiary/aromatic N) is 2. The minimum absolute atomic E-state index is 0.0979. The number of carbonyl (C=O) groups excluding carboxylic acids is 1. The lowest BCUT2D eigenvalue weighted by atomic mass is 10.1. The molecule has 0 aliphatic rings. The first-order valence-electron chi connectivity index (χ1n) is 15.2. The van der Waals surface area contributed by atoms with Crippen LogP contribution in [0.5, 0.6) is 5.75 Å². The van der Waals surface area contributed by atoms with Gasteiger partial charge in [-0.15, -0.1) is 0 Å². The van der Waals surface area contributed by atoms with Gasteiger partial charge < -0.3 is 28.6 Å². The number of aromatic hydroxyl groups is 1. The van der Waals surface area contributed by atoms with Crippen LogP contribution in [0.1, 0.15) is 86.0 Å². The third kappa shape index (κ3) is 10.8. The van der Waals surface area contributed by atoms with Gasteiger partial charge >= 0.3 is 0 Å². The van der Waals surface area contributed by atoms with Crippen LogP contribution in [-0.4, -0.2) is 47.1 Å². The number of hydrogen-bond acceptors (Lipinski definition) is 6. The number of benzene rings is 1. The predicted octanol–water partition coefficient (Wildman–Crippen LogP) is 6.55. The number of amides is 1. The topological polar surface area (TPSA) is 112 Å². The summed E-state index contributed by atoms with van der Waals surface area (Å²) >= 11 is 0. The van der Waals surface area contributed by atoms with Gasteiger partial charge in [0.2, 0.25) is 5.43 Å². The molecule has 0 saturated carbocycles. The largest absolute Gasteiger partial charge is 0.503 e. The quantitative estimate of drug-likeness (QED) is 0.125. The number of rotatable bonds is 18. The van der Waals surface area contributed by atoms with Crippen LogP contribution in [0.4, 0.5) is 0 Å². The van der Waals surface area contributed by atoms with Gasteiger partial charge in [0.25, 0.3) is 5.91 Å². The van der Waals surface area contributed by atoms with E-state index < -0.39 is 13.8 Å². The Labute approximate surface area is 255 Å². The highest BCUT2D eigenvalue weighted by Crippen LogP contribution is 2.31. The van der Waals surface area contributed by atoms with Crippen molar-refractivity contribution in [1.82, 2.24) is 14.5 Å². The predicted molar refractivity (Wildman–Crippen MR) is 173 cm³/mol. The Morgan fingerprint density at radius 3 is 2.05 bits per heavy atom. The maximum absolute atomic E-state index is 13.2. The summed E-state index contributed by atoms with van der Waals surface area (Å²) in [7, 11) is 0.975. The molecule has 0 bridgehead atoms. The average molecular weight is 612 g/mol. The van der Waals surface area contributed by atoms with E-state index in [1.807, 2.05) is 24.2 Å². The highest BCUT2D eigenvalue weighted by Gasteiger charge is 2.14. The van der Waals surface area contributed by atoms with Gasteiger partial charge in [0.15, 0.2) is 19.6 Å². The van der Waals surface area contributed by atoms with Crippen LogP contribution in [0.2, 0.25) is 0 Å². The molecule has 1 amide bonds. The molecule has 10 heteroatoms. The maximum Gasteiger partial charge on any atom is 0.251 e. The van der Waals surface area contributed by atoms with E-state index in [2.05, 4.69) is 5.32 Å². The fourth-order valence-electron chi connectivity index (χ4n) is 4.98. The van der Waals surface area contributed by atoms with Crippen LogP contribution in [0.15, 0.2) is 58.4 Å². The molecule has 2 aromatic heterocycles. The molecule has 2 heterocycles. The SMILES string of the molecule is COP(C)OCCCCCCCCCCCCNC(=O)c1cc(-n2ccc(=O)cc2C)cc(-n2ccc(=O)c(O)c2C)c1. The molecule has 0 aliphatic carbocycles. The second-order valence-corrected chi connectivity index (χ2v) is 12.3. The summed E-state index contributed by atoms with van der Waals surface area (Å²) in [6.07, 6.45) is 14.9. The second kappa shape index (κ2) is 17.8. The summed E-state index contributed by atoms with van der Waals surface area (Å²) in [4.78, 5) is 37.0. The van der Waals surface area contributed by atoms with E-state index >= 15 is 0 Å². The summed E-state index contributed by atoms with van der Waals surface area (Å²) in [5.74, 6) is -0.537. The molecular weight excluding hydrogens is 565 g/mol. The molecule has 3 rings (SSSR count). The van der Waals surface area contributed by atoms with Crippen molar-refractivity contribution in [2.75, 3.05) is 26.9 Å². The first kappa shape index (κ1) is 34.2. The Bertz CT molecular complexity index is 1450. The fourth-order valence-corrected chi connectivity index (χ4v) is 5.47. The zero-order chi connectivity index (χ0) is 31.2. The zero-order valence-electron chi connectivity index (χ0n) is 25.9. The lowest BCUT2D eigenvalue weighted by molar-refractivity contribution is 0.0953. The first-order valence-corrected chi connectivity index (χ1v) is 16.8. The van der Waals surface area contributed by atoms with Crippen LogP contribution >= 0.6 is 8.38 Å². The van der Waals surface area contributed by atoms with Crippen molar-refractivity contribution in [2.24, 2.45) is 0 Å². The van der Waals surface area contributed by atoms with Crippen LogP contribution < -0.4 is 16.2 Å². The molecule has 0 radical (unpaired) electrons. The van der Waals surface area contributed by atoms with Gasteiger partial charge in [-0.3, -0.25) is 14.4 Å². The Kier molecular flexibility index (Phi) is 14.1. The summed E-state index contributed by atoms with van der Waals surface area (Å²) < 4.78 is 14.2. The number of pyridine rings is 2. The first-order chi connectivity index (χ1) is 20.7. The molecule has 0 fully saturated rings. The van der Waals surface area contributed by atoms with E-state index in [9.17, 15) is 19.5 Å². The average Bonchev–Trinajstić information content (AvgIpc) is 2.99. The maximum atomic E-state index is 13.2. The van der Waals surface area contributed by atoms with E-state index in [4.69, 9.17) is 9.05 Å². The number of carbonyl (C=O) groups is 1. The molecule has 3 aromatic rings. The molecular formula is C33H46N3O6P. The van der Waals surface area contributed by atoms with E-state index in [-0.39, 0.29) is 17.1 Å². The molecule has 0 saturated heterocycles. The zero-order valence-corrected chi connectivity index (χ0v) is 26.8. The molecule has 1 aromatic carbocycles. The summed E-state index contributed by atoms with van der Waals surface area (Å²) in [5, 5.41) is 13.3. The van der Waals surface area contributed by atoms with E-state index in [1.54, 1.807) is 43.1 Å². The van der Waals surface area contributed by atoms with Crippen LogP contribution in [0, 0.1) is 13.8 Å². The van der Waals surface area contributed by atoms with Gasteiger partial charge in [0, 0.05) is 73.5 Å². The third-order valence-electron chi connectivity index (χ3n) is 7.54. The van der Waals surface area contributed by atoms with Gasteiger partial charge in [-0.2, -0.15) is 0 Å². The third-order valence-corrected chi connectivity index (χ3v) is 8.60. The minimum Gasteiger partial charge on any atom is -0.503 e. The normalized spacial score (nSPS) is 11.9. The van der Waals surface area contributed by atoms with Gasteiger partial charge in [-0.25, -0.2) is 0 Å². The van der Waals surface area contributed by atoms with Crippen molar-refractivity contribution >= 4 is 14.3 Å². The van der Waals surface area contributed by atoms with Crippen molar-refractivity contribution in [3.63, 3.8) is 0 Å². The molecule has 9 nitrogen and oxygen atoms in total. The number of aromatic nitrogens is 2.